The van der Waals surface area contributed by atoms with E-state index >= 15 is 0 Å². The van der Waals surface area contributed by atoms with Gasteiger partial charge in [0.1, 0.15) is 6.54 Å². The Morgan fingerprint density at radius 1 is 1.52 bits per heavy atom. The third kappa shape index (κ3) is 5.36. The molecule has 0 aromatic rings. The van der Waals surface area contributed by atoms with Gasteiger partial charge in [-0.3, -0.25) is 9.59 Å². The number of rotatable bonds is 10. The molecular weight excluding hydrogens is 330 g/mol. The SMILES string of the molecule is C=CCS[C@@H]1[C@@H](CO[SiH2]C(C)(C)C(C)C)C(=O)N1CC(=O)OC. The second-order valence-electron chi connectivity index (χ2n) is 6.82. The maximum Gasteiger partial charge on any atom is 0.325 e. The van der Waals surface area contributed by atoms with Crippen LogP contribution in [0.2, 0.25) is 5.04 Å². The number of carbonyl (C=O) groups is 2. The van der Waals surface area contributed by atoms with Crippen LogP contribution in [-0.2, 0) is 18.8 Å². The number of carbonyl (C=O) groups excluding carboxylic acids is 2. The zero-order valence-corrected chi connectivity index (χ0v) is 17.1. The predicted octanol–water partition coefficient (Wildman–Crippen LogP) is 1.82. The molecule has 0 bridgehead atoms. The van der Waals surface area contributed by atoms with Gasteiger partial charge in [-0.15, -0.1) is 18.3 Å². The number of hydrogen-bond donors (Lipinski definition) is 0. The molecule has 1 amide bonds. The van der Waals surface area contributed by atoms with Crippen molar-refractivity contribution in [3.8, 4) is 0 Å². The minimum Gasteiger partial charge on any atom is -0.468 e. The Kier molecular flexibility index (Phi) is 7.83. The lowest BCUT2D eigenvalue weighted by molar-refractivity contribution is -0.160. The number of β-lactam (4-membered cyclic amide) rings is 1. The Labute approximate surface area is 146 Å². The highest BCUT2D eigenvalue weighted by Gasteiger charge is 2.48. The van der Waals surface area contributed by atoms with Crippen LogP contribution in [0, 0.1) is 11.8 Å². The molecule has 0 saturated carbocycles. The summed E-state index contributed by atoms with van der Waals surface area (Å²) < 4.78 is 10.6. The highest BCUT2D eigenvalue weighted by Crippen LogP contribution is 2.37. The van der Waals surface area contributed by atoms with E-state index in [4.69, 9.17) is 4.43 Å². The van der Waals surface area contributed by atoms with Gasteiger partial charge in [0.05, 0.1) is 18.4 Å². The van der Waals surface area contributed by atoms with E-state index in [9.17, 15) is 9.59 Å². The fraction of sp³-hybridized carbons (Fsp3) is 0.750. The zero-order valence-electron chi connectivity index (χ0n) is 14.8. The molecule has 7 heteroatoms. The summed E-state index contributed by atoms with van der Waals surface area (Å²) >= 11 is 1.61. The normalized spacial score (nSPS) is 21.8. The number of likely N-dealkylation sites (tertiary alicyclic amines) is 1. The van der Waals surface area contributed by atoms with Crippen LogP contribution in [0.5, 0.6) is 0 Å². The first-order chi connectivity index (χ1) is 10.7. The summed E-state index contributed by atoms with van der Waals surface area (Å²) in [5, 5.41) is 0.179. The van der Waals surface area contributed by atoms with Crippen molar-refractivity contribution < 1.29 is 18.8 Å². The molecule has 1 fully saturated rings. The van der Waals surface area contributed by atoms with Crippen LogP contribution in [-0.4, -0.2) is 57.9 Å². The average Bonchev–Trinajstić information content (AvgIpc) is 2.51. The maximum absolute atomic E-state index is 12.3. The Morgan fingerprint density at radius 3 is 2.70 bits per heavy atom. The van der Waals surface area contributed by atoms with E-state index in [1.807, 2.05) is 0 Å². The summed E-state index contributed by atoms with van der Waals surface area (Å²) in [7, 11) is 0.606. The summed E-state index contributed by atoms with van der Waals surface area (Å²) in [5.41, 5.74) is 0. The van der Waals surface area contributed by atoms with Gasteiger partial charge in [0.25, 0.3) is 0 Å². The number of nitrogens with zero attached hydrogens (tertiary/aromatic N) is 1. The highest BCUT2D eigenvalue weighted by atomic mass is 32.2. The van der Waals surface area contributed by atoms with Crippen LogP contribution < -0.4 is 0 Å². The van der Waals surface area contributed by atoms with Crippen molar-refractivity contribution in [3.05, 3.63) is 12.7 Å². The number of esters is 1. The van der Waals surface area contributed by atoms with Crippen molar-refractivity contribution >= 4 is 33.4 Å². The molecule has 0 aliphatic carbocycles. The van der Waals surface area contributed by atoms with Crippen molar-refractivity contribution in [2.45, 2.75) is 38.1 Å². The fourth-order valence-corrected chi connectivity index (χ4v) is 4.46. The second-order valence-corrected chi connectivity index (χ2v) is 10.5. The molecular formula is C16H29NO4SSi. The van der Waals surface area contributed by atoms with Crippen LogP contribution in [0.25, 0.3) is 0 Å². The number of ether oxygens (including phenoxy) is 1. The van der Waals surface area contributed by atoms with Gasteiger partial charge in [-0.1, -0.05) is 33.8 Å². The van der Waals surface area contributed by atoms with Gasteiger partial charge in [0.15, 0.2) is 9.76 Å². The molecule has 132 valence electrons. The van der Waals surface area contributed by atoms with Crippen molar-refractivity contribution in [1.29, 1.82) is 0 Å². The first-order valence-electron chi connectivity index (χ1n) is 7.92. The third-order valence-corrected chi connectivity index (χ3v) is 7.85. The quantitative estimate of drug-likeness (QED) is 0.258. The minimum absolute atomic E-state index is 0.00948. The lowest BCUT2D eigenvalue weighted by Crippen LogP contribution is -2.62. The Balaban J connectivity index is 2.57. The van der Waals surface area contributed by atoms with E-state index in [1.165, 1.54) is 7.11 Å². The molecule has 0 radical (unpaired) electrons. The van der Waals surface area contributed by atoms with Gasteiger partial charge in [-0.2, -0.15) is 0 Å². The topological polar surface area (TPSA) is 55.8 Å². The number of methoxy groups -OCH3 is 1. The van der Waals surface area contributed by atoms with Crippen LogP contribution in [0.15, 0.2) is 12.7 Å². The van der Waals surface area contributed by atoms with Gasteiger partial charge in [0.2, 0.25) is 5.91 Å². The molecule has 1 heterocycles. The van der Waals surface area contributed by atoms with Crippen LogP contribution in [0.1, 0.15) is 27.7 Å². The first-order valence-corrected chi connectivity index (χ1v) is 10.3. The van der Waals surface area contributed by atoms with E-state index in [0.717, 1.165) is 5.75 Å². The number of amides is 1. The standard InChI is InChI=1S/C16H29NO4SSi/c1-7-8-22-15-12(10-21-23-16(4,5)11(2)3)14(19)17(15)9-13(18)20-6/h7,11-12,15H,1,8-10,23H2,2-6H3/t12-,15+/m0/s1. The molecule has 0 aromatic carbocycles. The van der Waals surface area contributed by atoms with Crippen molar-refractivity contribution in [2.75, 3.05) is 26.0 Å². The second kappa shape index (κ2) is 8.89. The number of thioether (sulfide) groups is 1. The molecule has 1 saturated heterocycles. The Morgan fingerprint density at radius 2 is 2.17 bits per heavy atom. The molecule has 1 aliphatic rings. The summed E-state index contributed by atoms with van der Waals surface area (Å²) in [5.74, 6) is 0.722. The minimum atomic E-state index is -0.726. The highest BCUT2D eigenvalue weighted by molar-refractivity contribution is 8.00. The summed E-state index contributed by atoms with van der Waals surface area (Å²) in [6.07, 6.45) is 1.80. The number of hydrogen-bond acceptors (Lipinski definition) is 5. The molecule has 2 atom stereocenters. The van der Waals surface area contributed by atoms with Gasteiger partial charge in [0, 0.05) is 12.4 Å². The first kappa shape index (κ1) is 20.3. The fourth-order valence-electron chi connectivity index (χ4n) is 2.11. The van der Waals surface area contributed by atoms with E-state index in [1.54, 1.807) is 22.7 Å². The average molecular weight is 360 g/mol. The van der Waals surface area contributed by atoms with Gasteiger partial charge < -0.3 is 14.1 Å². The smallest absolute Gasteiger partial charge is 0.325 e. The molecule has 5 nitrogen and oxygen atoms in total. The molecule has 23 heavy (non-hydrogen) atoms. The predicted molar refractivity (Wildman–Crippen MR) is 97.0 cm³/mol. The summed E-state index contributed by atoms with van der Waals surface area (Å²) in [4.78, 5) is 25.3. The Hall–Kier alpha value is -0.793. The molecule has 0 aromatic heterocycles. The van der Waals surface area contributed by atoms with Gasteiger partial charge in [-0.05, 0) is 11.0 Å². The van der Waals surface area contributed by atoms with E-state index in [2.05, 4.69) is 39.0 Å². The molecule has 0 unspecified atom stereocenters. The lowest BCUT2D eigenvalue weighted by atomic mass is 9.99. The summed E-state index contributed by atoms with van der Waals surface area (Å²) in [6, 6.07) is 0. The van der Waals surface area contributed by atoms with Gasteiger partial charge >= 0.3 is 5.97 Å². The molecule has 0 spiro atoms. The molecule has 1 rings (SSSR count). The largest absolute Gasteiger partial charge is 0.468 e. The van der Waals surface area contributed by atoms with Crippen LogP contribution in [0.3, 0.4) is 0 Å². The van der Waals surface area contributed by atoms with Crippen LogP contribution >= 0.6 is 11.8 Å². The van der Waals surface area contributed by atoms with Crippen LogP contribution in [0.4, 0.5) is 0 Å². The molecule has 0 N–H and O–H groups in total. The van der Waals surface area contributed by atoms with E-state index in [-0.39, 0.29) is 28.8 Å². The summed E-state index contributed by atoms with van der Waals surface area (Å²) in [6.45, 7) is 13.0. The third-order valence-electron chi connectivity index (χ3n) is 4.50. The Bertz CT molecular complexity index is 442. The lowest BCUT2D eigenvalue weighted by Gasteiger charge is -2.46. The van der Waals surface area contributed by atoms with Crippen molar-refractivity contribution in [1.82, 2.24) is 4.90 Å². The molecule has 1 aliphatic heterocycles. The maximum atomic E-state index is 12.3. The monoisotopic (exact) mass is 359 g/mol. The van der Waals surface area contributed by atoms with Crippen molar-refractivity contribution in [3.63, 3.8) is 0 Å². The van der Waals surface area contributed by atoms with E-state index in [0.29, 0.717) is 12.5 Å². The van der Waals surface area contributed by atoms with Gasteiger partial charge in [-0.25, -0.2) is 0 Å². The van der Waals surface area contributed by atoms with Crippen molar-refractivity contribution in [2.24, 2.45) is 11.8 Å². The van der Waals surface area contributed by atoms with E-state index < -0.39 is 15.7 Å². The zero-order chi connectivity index (χ0) is 17.6.